The normalized spacial score (nSPS) is 15.2. The number of carbonyl (C=O) groups excluding carboxylic acids is 3. The molecule has 2 aromatic carbocycles. The van der Waals surface area contributed by atoms with Gasteiger partial charge in [-0.25, -0.2) is 0 Å². The molecule has 0 radical (unpaired) electrons. The summed E-state index contributed by atoms with van der Waals surface area (Å²) in [6.45, 7) is 7.79. The molecule has 0 aliphatic carbocycles. The highest BCUT2D eigenvalue weighted by Gasteiger charge is 2.28. The highest BCUT2D eigenvalue weighted by molar-refractivity contribution is 6.30. The van der Waals surface area contributed by atoms with E-state index in [-0.39, 0.29) is 24.3 Å². The van der Waals surface area contributed by atoms with Gasteiger partial charge < -0.3 is 15.5 Å². The molecule has 32 heavy (non-hydrogen) atoms. The highest BCUT2D eigenvalue weighted by Crippen LogP contribution is 2.19. The molecular weight excluding hydrogens is 428 g/mol. The minimum Gasteiger partial charge on any atom is -0.346 e. The Morgan fingerprint density at radius 1 is 1.00 bits per heavy atom. The molecule has 1 atom stereocenters. The molecule has 0 bridgehead atoms. The molecule has 7 nitrogen and oxygen atoms in total. The summed E-state index contributed by atoms with van der Waals surface area (Å²) in [6, 6.07) is 12.3. The molecule has 2 N–H and O–H groups in total. The summed E-state index contributed by atoms with van der Waals surface area (Å²) in [5.41, 5.74) is 3.29. The molecular formula is C24H29ClN4O3. The van der Waals surface area contributed by atoms with Crippen molar-refractivity contribution in [3.8, 4) is 0 Å². The van der Waals surface area contributed by atoms with Crippen LogP contribution in [0.15, 0.2) is 42.5 Å². The van der Waals surface area contributed by atoms with E-state index in [2.05, 4.69) is 10.6 Å². The third-order valence-corrected chi connectivity index (χ3v) is 6.00. The number of nitrogens with zero attached hydrogens (tertiary/aromatic N) is 2. The average molecular weight is 457 g/mol. The van der Waals surface area contributed by atoms with Crippen LogP contribution in [0.3, 0.4) is 0 Å². The fourth-order valence-corrected chi connectivity index (χ4v) is 3.98. The zero-order valence-corrected chi connectivity index (χ0v) is 19.4. The number of nitrogens with one attached hydrogen (secondary N) is 2. The minimum atomic E-state index is -0.397. The molecule has 0 aromatic heterocycles. The number of hydrogen-bond donors (Lipinski definition) is 2. The van der Waals surface area contributed by atoms with Crippen LogP contribution in [-0.4, -0.2) is 66.3 Å². The molecule has 0 saturated carbocycles. The summed E-state index contributed by atoms with van der Waals surface area (Å²) >= 11 is 5.99. The summed E-state index contributed by atoms with van der Waals surface area (Å²) in [5, 5.41) is 6.12. The zero-order chi connectivity index (χ0) is 23.3. The largest absolute Gasteiger partial charge is 0.346 e. The lowest BCUT2D eigenvalue weighted by Crippen LogP contribution is -2.55. The standard InChI is InChI=1S/C24H29ClN4O3/c1-16-6-4-7-17(2)22(16)27-21(30)15-26-23(31)18(3)28-10-12-29(13-11-28)24(32)19-8-5-9-20(25)14-19/h4-9,14,18H,10-13,15H2,1-3H3,(H,26,31)(H,27,30). The van der Waals surface area contributed by atoms with Gasteiger partial charge >= 0.3 is 0 Å². The van der Waals surface area contributed by atoms with Crippen LogP contribution in [0.2, 0.25) is 5.02 Å². The second kappa shape index (κ2) is 10.6. The third-order valence-electron chi connectivity index (χ3n) is 5.77. The molecule has 0 spiro atoms. The Morgan fingerprint density at radius 3 is 2.25 bits per heavy atom. The number of rotatable bonds is 6. The van der Waals surface area contributed by atoms with Crippen LogP contribution in [0.5, 0.6) is 0 Å². The van der Waals surface area contributed by atoms with Crippen LogP contribution in [0.1, 0.15) is 28.4 Å². The van der Waals surface area contributed by atoms with E-state index in [0.717, 1.165) is 16.8 Å². The van der Waals surface area contributed by atoms with Gasteiger partial charge in [-0.15, -0.1) is 0 Å². The van der Waals surface area contributed by atoms with Crippen LogP contribution >= 0.6 is 11.6 Å². The number of aryl methyl sites for hydroxylation is 2. The molecule has 3 amide bonds. The Morgan fingerprint density at radius 2 is 1.62 bits per heavy atom. The number of piperazine rings is 1. The Hall–Kier alpha value is -2.90. The zero-order valence-electron chi connectivity index (χ0n) is 18.7. The number of halogens is 1. The van der Waals surface area contributed by atoms with Crippen molar-refractivity contribution >= 4 is 35.0 Å². The van der Waals surface area contributed by atoms with Crippen LogP contribution < -0.4 is 10.6 Å². The molecule has 3 rings (SSSR count). The van der Waals surface area contributed by atoms with Crippen LogP contribution in [0, 0.1) is 13.8 Å². The van der Waals surface area contributed by atoms with Crippen molar-refractivity contribution in [2.24, 2.45) is 0 Å². The first-order valence-electron chi connectivity index (χ1n) is 10.7. The number of anilines is 1. The van der Waals surface area contributed by atoms with Gasteiger partial charge in [-0.3, -0.25) is 19.3 Å². The fourth-order valence-electron chi connectivity index (χ4n) is 3.79. The maximum absolute atomic E-state index is 12.7. The number of para-hydroxylation sites is 1. The van der Waals surface area contributed by atoms with Crippen molar-refractivity contribution in [3.05, 3.63) is 64.2 Å². The predicted molar refractivity (Wildman–Crippen MR) is 126 cm³/mol. The maximum atomic E-state index is 12.7. The first-order valence-corrected chi connectivity index (χ1v) is 11.1. The summed E-state index contributed by atoms with van der Waals surface area (Å²) < 4.78 is 0. The molecule has 8 heteroatoms. The van der Waals surface area contributed by atoms with Gasteiger partial charge in [-0.2, -0.15) is 0 Å². The van der Waals surface area contributed by atoms with Gasteiger partial charge in [-0.1, -0.05) is 35.9 Å². The number of hydrogen-bond acceptors (Lipinski definition) is 4. The van der Waals surface area contributed by atoms with Gasteiger partial charge in [0.05, 0.1) is 12.6 Å². The lowest BCUT2D eigenvalue weighted by molar-refractivity contribution is -0.128. The smallest absolute Gasteiger partial charge is 0.253 e. The second-order valence-corrected chi connectivity index (χ2v) is 8.48. The van der Waals surface area contributed by atoms with E-state index in [1.54, 1.807) is 29.2 Å². The van der Waals surface area contributed by atoms with Crippen molar-refractivity contribution in [2.75, 3.05) is 38.0 Å². The molecule has 1 aliphatic rings. The van der Waals surface area contributed by atoms with E-state index in [0.29, 0.717) is 36.8 Å². The summed E-state index contributed by atoms with van der Waals surface area (Å²) in [6.07, 6.45) is 0. The van der Waals surface area contributed by atoms with Gasteiger partial charge in [0.1, 0.15) is 0 Å². The maximum Gasteiger partial charge on any atom is 0.253 e. The van der Waals surface area contributed by atoms with Crippen LogP contribution in [0.4, 0.5) is 5.69 Å². The molecule has 1 heterocycles. The molecule has 2 aromatic rings. The van der Waals surface area contributed by atoms with Gasteiger partial charge in [0.25, 0.3) is 5.91 Å². The second-order valence-electron chi connectivity index (χ2n) is 8.05. The quantitative estimate of drug-likeness (QED) is 0.700. The van der Waals surface area contributed by atoms with E-state index < -0.39 is 6.04 Å². The summed E-state index contributed by atoms with van der Waals surface area (Å²) in [5.74, 6) is -0.538. The Kier molecular flexibility index (Phi) is 7.88. The van der Waals surface area contributed by atoms with Gasteiger partial charge in [0, 0.05) is 42.5 Å². The molecule has 1 unspecified atom stereocenters. The molecule has 1 fully saturated rings. The highest BCUT2D eigenvalue weighted by atomic mass is 35.5. The Bertz CT molecular complexity index is 982. The number of amides is 3. The van der Waals surface area contributed by atoms with Gasteiger partial charge in [-0.05, 0) is 50.1 Å². The van der Waals surface area contributed by atoms with Crippen molar-refractivity contribution < 1.29 is 14.4 Å². The van der Waals surface area contributed by atoms with E-state index in [1.807, 2.05) is 43.9 Å². The minimum absolute atomic E-state index is 0.0626. The van der Waals surface area contributed by atoms with Crippen molar-refractivity contribution in [3.63, 3.8) is 0 Å². The number of carbonyl (C=O) groups is 3. The SMILES string of the molecule is Cc1cccc(C)c1NC(=O)CNC(=O)C(C)N1CCN(C(=O)c2cccc(Cl)c2)CC1. The van der Waals surface area contributed by atoms with Crippen molar-refractivity contribution in [1.82, 2.24) is 15.1 Å². The summed E-state index contributed by atoms with van der Waals surface area (Å²) in [7, 11) is 0. The Labute approximate surface area is 193 Å². The first-order chi connectivity index (χ1) is 15.3. The van der Waals surface area contributed by atoms with Crippen LogP contribution in [-0.2, 0) is 9.59 Å². The van der Waals surface area contributed by atoms with Gasteiger partial charge in [0.15, 0.2) is 0 Å². The monoisotopic (exact) mass is 456 g/mol. The third kappa shape index (κ3) is 5.87. The number of benzene rings is 2. The lowest BCUT2D eigenvalue weighted by atomic mass is 10.1. The molecule has 170 valence electrons. The average Bonchev–Trinajstić information content (AvgIpc) is 2.79. The molecule has 1 saturated heterocycles. The Balaban J connectivity index is 1.46. The first kappa shape index (κ1) is 23.8. The fraction of sp³-hybridized carbons (Fsp3) is 0.375. The van der Waals surface area contributed by atoms with E-state index >= 15 is 0 Å². The molecule has 1 aliphatic heterocycles. The van der Waals surface area contributed by atoms with Crippen LogP contribution in [0.25, 0.3) is 0 Å². The predicted octanol–water partition coefficient (Wildman–Crippen LogP) is 2.86. The van der Waals surface area contributed by atoms with Crippen molar-refractivity contribution in [2.45, 2.75) is 26.8 Å². The lowest BCUT2D eigenvalue weighted by Gasteiger charge is -2.37. The van der Waals surface area contributed by atoms with E-state index in [4.69, 9.17) is 11.6 Å². The van der Waals surface area contributed by atoms with E-state index in [9.17, 15) is 14.4 Å². The van der Waals surface area contributed by atoms with Crippen molar-refractivity contribution in [1.29, 1.82) is 0 Å². The van der Waals surface area contributed by atoms with E-state index in [1.165, 1.54) is 0 Å². The summed E-state index contributed by atoms with van der Waals surface area (Å²) in [4.78, 5) is 41.3. The topological polar surface area (TPSA) is 81.8 Å². The van der Waals surface area contributed by atoms with Gasteiger partial charge in [0.2, 0.25) is 11.8 Å².